The second-order valence-corrected chi connectivity index (χ2v) is 6.65. The Kier molecular flexibility index (Phi) is 3.93. The van der Waals surface area contributed by atoms with E-state index in [1.807, 2.05) is 36.5 Å². The summed E-state index contributed by atoms with van der Waals surface area (Å²) in [6.07, 6.45) is 5.12. The predicted molar refractivity (Wildman–Crippen MR) is 98.1 cm³/mol. The van der Waals surface area contributed by atoms with Crippen LogP contribution >= 0.6 is 0 Å². The first kappa shape index (κ1) is 16.4. The summed E-state index contributed by atoms with van der Waals surface area (Å²) in [7, 11) is 0. The van der Waals surface area contributed by atoms with E-state index >= 15 is 0 Å². The molecule has 0 bridgehead atoms. The van der Waals surface area contributed by atoms with Crippen molar-refractivity contribution in [3.8, 4) is 11.3 Å². The fourth-order valence-electron chi connectivity index (χ4n) is 3.18. The number of nitrogens with zero attached hydrogens (tertiary/aromatic N) is 8. The SMILES string of the molecule is O=C(c1cc(-c2ccccc2)n[nH]1)N1CC(n2cc(Cn3nccn3)nn2)C1. The Hall–Kier alpha value is -3.82. The van der Waals surface area contributed by atoms with Crippen LogP contribution in [-0.4, -0.2) is 64.1 Å². The summed E-state index contributed by atoms with van der Waals surface area (Å²) in [6, 6.07) is 11.7. The first-order valence-electron chi connectivity index (χ1n) is 8.91. The first-order valence-corrected chi connectivity index (χ1v) is 8.91. The third-order valence-corrected chi connectivity index (χ3v) is 4.73. The Bertz CT molecular complexity index is 1080. The van der Waals surface area contributed by atoms with Gasteiger partial charge in [-0.05, 0) is 6.07 Å². The number of likely N-dealkylation sites (tertiary alicyclic amines) is 1. The molecule has 0 spiro atoms. The molecule has 1 amide bonds. The van der Waals surface area contributed by atoms with Gasteiger partial charge in [0.05, 0.1) is 30.3 Å². The van der Waals surface area contributed by atoms with Crippen molar-refractivity contribution in [2.24, 2.45) is 0 Å². The van der Waals surface area contributed by atoms with Gasteiger partial charge in [-0.1, -0.05) is 35.5 Å². The van der Waals surface area contributed by atoms with E-state index in [9.17, 15) is 4.79 Å². The van der Waals surface area contributed by atoms with Gasteiger partial charge >= 0.3 is 0 Å². The van der Waals surface area contributed by atoms with Gasteiger partial charge in [-0.15, -0.1) is 5.10 Å². The minimum Gasteiger partial charge on any atom is -0.333 e. The predicted octanol–water partition coefficient (Wildman–Crippen LogP) is 1.01. The van der Waals surface area contributed by atoms with Crippen LogP contribution in [0.2, 0.25) is 0 Å². The lowest BCUT2D eigenvalue weighted by Gasteiger charge is -2.38. The molecule has 4 aromatic rings. The summed E-state index contributed by atoms with van der Waals surface area (Å²) in [4.78, 5) is 16.0. The minimum atomic E-state index is -0.0630. The lowest BCUT2D eigenvalue weighted by molar-refractivity contribution is 0.0492. The molecule has 3 aromatic heterocycles. The van der Waals surface area contributed by atoms with E-state index in [0.29, 0.717) is 25.3 Å². The van der Waals surface area contributed by atoms with E-state index in [2.05, 4.69) is 30.7 Å². The molecule has 5 rings (SSSR count). The smallest absolute Gasteiger partial charge is 0.272 e. The zero-order valence-electron chi connectivity index (χ0n) is 14.9. The van der Waals surface area contributed by atoms with Crippen molar-refractivity contribution in [3.05, 3.63) is 66.4 Å². The maximum Gasteiger partial charge on any atom is 0.272 e. The van der Waals surface area contributed by atoms with Gasteiger partial charge in [0.1, 0.15) is 17.9 Å². The fraction of sp³-hybridized carbons (Fsp3) is 0.222. The molecule has 4 heterocycles. The van der Waals surface area contributed by atoms with E-state index in [-0.39, 0.29) is 11.9 Å². The number of amides is 1. The van der Waals surface area contributed by atoms with Gasteiger partial charge in [0.2, 0.25) is 0 Å². The van der Waals surface area contributed by atoms with E-state index in [0.717, 1.165) is 17.0 Å². The molecule has 0 atom stereocenters. The number of nitrogens with one attached hydrogen (secondary N) is 1. The average molecular weight is 375 g/mol. The molecule has 1 aromatic carbocycles. The van der Waals surface area contributed by atoms with Gasteiger partial charge in [-0.2, -0.15) is 20.1 Å². The summed E-state index contributed by atoms with van der Waals surface area (Å²) in [5.74, 6) is -0.0630. The first-order chi connectivity index (χ1) is 13.8. The normalized spacial score (nSPS) is 14.2. The Labute approximate surface area is 159 Å². The van der Waals surface area contributed by atoms with Crippen LogP contribution in [0.1, 0.15) is 22.2 Å². The lowest BCUT2D eigenvalue weighted by atomic mass is 10.1. The van der Waals surface area contributed by atoms with E-state index in [1.165, 1.54) is 0 Å². The molecular formula is C18H17N9O. The molecule has 1 fully saturated rings. The average Bonchev–Trinajstić information content (AvgIpc) is 3.44. The van der Waals surface area contributed by atoms with Gasteiger partial charge in [-0.3, -0.25) is 9.89 Å². The summed E-state index contributed by atoms with van der Waals surface area (Å²) in [6.45, 7) is 1.64. The number of aromatic nitrogens is 8. The largest absolute Gasteiger partial charge is 0.333 e. The summed E-state index contributed by atoms with van der Waals surface area (Å²) >= 11 is 0. The molecular weight excluding hydrogens is 358 g/mol. The van der Waals surface area contributed by atoms with Crippen molar-refractivity contribution in [3.63, 3.8) is 0 Å². The number of hydrogen-bond acceptors (Lipinski definition) is 6. The third kappa shape index (κ3) is 3.04. The van der Waals surface area contributed by atoms with Crippen molar-refractivity contribution < 1.29 is 4.79 Å². The molecule has 0 unspecified atom stereocenters. The molecule has 1 aliphatic heterocycles. The van der Waals surface area contributed by atoms with E-state index < -0.39 is 0 Å². The topological polar surface area (TPSA) is 110 Å². The van der Waals surface area contributed by atoms with E-state index in [1.54, 1.807) is 32.8 Å². The van der Waals surface area contributed by atoms with Crippen molar-refractivity contribution in [2.75, 3.05) is 13.1 Å². The molecule has 1 saturated heterocycles. The summed E-state index contributed by atoms with van der Waals surface area (Å²) < 4.78 is 1.80. The van der Waals surface area contributed by atoms with Crippen molar-refractivity contribution >= 4 is 5.91 Å². The number of rotatable bonds is 5. The molecule has 0 radical (unpaired) electrons. The van der Waals surface area contributed by atoms with Crippen LogP contribution < -0.4 is 0 Å². The number of carbonyl (C=O) groups is 1. The van der Waals surface area contributed by atoms with Gasteiger partial charge in [0, 0.05) is 18.7 Å². The maximum absolute atomic E-state index is 12.7. The summed E-state index contributed by atoms with van der Waals surface area (Å²) in [5, 5.41) is 23.5. The lowest BCUT2D eigenvalue weighted by Crippen LogP contribution is -2.51. The van der Waals surface area contributed by atoms with Crippen LogP contribution in [0.4, 0.5) is 0 Å². The molecule has 10 nitrogen and oxygen atoms in total. The van der Waals surface area contributed by atoms with Crippen LogP contribution in [0.15, 0.2) is 55.0 Å². The van der Waals surface area contributed by atoms with Gasteiger partial charge in [0.25, 0.3) is 5.91 Å². The molecule has 0 aliphatic carbocycles. The zero-order valence-corrected chi connectivity index (χ0v) is 14.9. The number of aromatic amines is 1. The van der Waals surface area contributed by atoms with Crippen LogP contribution in [0.5, 0.6) is 0 Å². The Morgan fingerprint density at radius 1 is 1.14 bits per heavy atom. The maximum atomic E-state index is 12.7. The van der Waals surface area contributed by atoms with Gasteiger partial charge in [0.15, 0.2) is 0 Å². The number of carbonyl (C=O) groups excluding carboxylic acids is 1. The molecule has 28 heavy (non-hydrogen) atoms. The van der Waals surface area contributed by atoms with Crippen LogP contribution in [-0.2, 0) is 6.54 Å². The molecule has 140 valence electrons. The standard InChI is InChI=1S/C18H17N9O/c28-18(17-8-16(22-23-17)13-4-2-1-3-5-13)25-11-15(12-25)26-9-14(21-24-26)10-27-19-6-7-20-27/h1-9,15H,10-12H2,(H,22,23). The molecule has 0 saturated carbocycles. The van der Waals surface area contributed by atoms with Crippen molar-refractivity contribution in [1.82, 2.24) is 45.1 Å². The van der Waals surface area contributed by atoms with Crippen molar-refractivity contribution in [2.45, 2.75) is 12.6 Å². The Morgan fingerprint density at radius 2 is 1.93 bits per heavy atom. The molecule has 10 heteroatoms. The fourth-order valence-corrected chi connectivity index (χ4v) is 3.18. The number of H-pyrrole nitrogens is 1. The number of hydrogen-bond donors (Lipinski definition) is 1. The third-order valence-electron chi connectivity index (χ3n) is 4.73. The Balaban J connectivity index is 1.21. The van der Waals surface area contributed by atoms with Crippen LogP contribution in [0.25, 0.3) is 11.3 Å². The van der Waals surface area contributed by atoms with Crippen molar-refractivity contribution in [1.29, 1.82) is 0 Å². The zero-order chi connectivity index (χ0) is 18.9. The molecule has 1 N–H and O–H groups in total. The van der Waals surface area contributed by atoms with Gasteiger partial charge in [-0.25, -0.2) is 4.68 Å². The highest BCUT2D eigenvalue weighted by atomic mass is 16.2. The minimum absolute atomic E-state index is 0.0630. The quantitative estimate of drug-likeness (QED) is 0.557. The highest BCUT2D eigenvalue weighted by molar-refractivity contribution is 5.94. The highest BCUT2D eigenvalue weighted by Crippen LogP contribution is 2.24. The second-order valence-electron chi connectivity index (χ2n) is 6.65. The highest BCUT2D eigenvalue weighted by Gasteiger charge is 2.34. The Morgan fingerprint density at radius 3 is 2.71 bits per heavy atom. The monoisotopic (exact) mass is 375 g/mol. The van der Waals surface area contributed by atoms with Crippen LogP contribution in [0.3, 0.4) is 0 Å². The van der Waals surface area contributed by atoms with E-state index in [4.69, 9.17) is 0 Å². The summed E-state index contributed by atoms with van der Waals surface area (Å²) in [5.41, 5.74) is 3.00. The molecule has 1 aliphatic rings. The van der Waals surface area contributed by atoms with Gasteiger partial charge < -0.3 is 4.90 Å². The van der Waals surface area contributed by atoms with Crippen LogP contribution in [0, 0.1) is 0 Å². The second kappa shape index (κ2) is 6.72. The number of benzene rings is 1.